The van der Waals surface area contributed by atoms with Crippen LogP contribution < -0.4 is 9.80 Å². The summed E-state index contributed by atoms with van der Waals surface area (Å²) >= 11 is 0. The van der Waals surface area contributed by atoms with E-state index in [0.29, 0.717) is 0 Å². The third kappa shape index (κ3) is 2.10. The number of hydrogen-bond donors (Lipinski definition) is 0. The molecule has 6 heteroatoms. The highest BCUT2D eigenvalue weighted by Gasteiger charge is 2.69. The molecule has 0 spiro atoms. The van der Waals surface area contributed by atoms with Gasteiger partial charge in [0.1, 0.15) is 22.7 Å². The highest BCUT2D eigenvalue weighted by atomic mass is 15.3. The molecule has 27 aromatic carbocycles. The van der Waals surface area contributed by atoms with Crippen molar-refractivity contribution in [1.82, 2.24) is 19.8 Å². The minimum atomic E-state index is -0.475. The van der Waals surface area contributed by atoms with Crippen molar-refractivity contribution in [3.8, 4) is 0 Å². The summed E-state index contributed by atoms with van der Waals surface area (Å²) in [6.45, 7) is 7.78. The minimum Gasteiger partial charge on any atom is -0.354 e. The molecule has 7 aliphatic rings. The van der Waals surface area contributed by atoms with Gasteiger partial charge in [0.15, 0.2) is 0 Å². The predicted molar refractivity (Wildman–Crippen MR) is 348 cm³/mol. The summed E-state index contributed by atoms with van der Waals surface area (Å²) in [7, 11) is 0. The Kier molecular flexibility index (Phi) is 3.44. The minimum absolute atomic E-state index is 0.475. The van der Waals surface area contributed by atoms with E-state index in [-0.39, 0.29) is 0 Å². The molecule has 2 aromatic heterocycles. The normalized spacial score (nSPS) is 22.8. The lowest BCUT2D eigenvalue weighted by Crippen LogP contribution is -2.62. The van der Waals surface area contributed by atoms with Crippen molar-refractivity contribution < 1.29 is 0 Å². The lowest BCUT2D eigenvalue weighted by Gasteiger charge is -2.57. The largest absolute Gasteiger partial charge is 0.354 e. The van der Waals surface area contributed by atoms with Gasteiger partial charge in [0.2, 0.25) is 0 Å². The van der Waals surface area contributed by atoms with E-state index in [1.165, 1.54) is 0 Å². The number of aromatic nitrogens is 2. The van der Waals surface area contributed by atoms with E-state index in [4.69, 9.17) is 9.97 Å². The third-order valence-electron chi connectivity index (χ3n) is 28.6. The van der Waals surface area contributed by atoms with E-state index < -0.39 is 11.1 Å². The Balaban J connectivity index is 0.951. The Labute approximate surface area is 464 Å². The first-order valence-corrected chi connectivity index (χ1v) is 31.5. The molecule has 2 saturated heterocycles. The number of pyridine rings is 2. The molecule has 0 radical (unpaired) electrons. The lowest BCUT2D eigenvalue weighted by atomic mass is 9.59. The fraction of sp³-hybridized carbons (Fsp3) is 0.128. The molecule has 6 nitrogen and oxygen atoms in total. The average molecular weight is 1050 g/mol. The number of hydrogen-bond acceptors (Lipinski definition) is 6. The molecule has 2 atom stereocenters. The van der Waals surface area contributed by atoms with Gasteiger partial charge in [-0.25, -0.2) is 9.97 Å². The maximum Gasteiger partial charge on any atom is 0.128 e. The van der Waals surface area contributed by atoms with E-state index in [1.807, 2.05) is 12.4 Å². The van der Waals surface area contributed by atoms with Gasteiger partial charge < -0.3 is 9.80 Å². The van der Waals surface area contributed by atoms with Crippen molar-refractivity contribution in [3.63, 3.8) is 0 Å². The smallest absolute Gasteiger partial charge is 0.128 e. The Morgan fingerprint density at radius 1 is 0.202 bits per heavy atom. The lowest BCUT2D eigenvalue weighted by molar-refractivity contribution is 0.117. The van der Waals surface area contributed by atoms with Crippen molar-refractivity contribution in [2.45, 2.75) is 11.1 Å². The molecule has 36 rings (SSSR count). The van der Waals surface area contributed by atoms with Crippen LogP contribution in [0.1, 0.15) is 33.4 Å². The van der Waals surface area contributed by atoms with Crippen LogP contribution >= 0.6 is 0 Å². The molecule has 0 saturated carbocycles. The number of anilines is 2. The summed E-state index contributed by atoms with van der Waals surface area (Å²) in [6.07, 6.45) is 4.02. The van der Waals surface area contributed by atoms with Crippen LogP contribution in [0.25, 0.3) is 280 Å². The molecule has 2 fully saturated rings. The monoisotopic (exact) mass is 1040 g/mol. The van der Waals surface area contributed by atoms with E-state index in [1.54, 1.807) is 313 Å². The Hall–Kier alpha value is -9.72. The molecular weight excluding hydrogens is 1020 g/mol. The van der Waals surface area contributed by atoms with Gasteiger partial charge in [-0.3, -0.25) is 9.80 Å². The van der Waals surface area contributed by atoms with Crippen molar-refractivity contribution in [1.29, 1.82) is 0 Å². The van der Waals surface area contributed by atoms with Crippen molar-refractivity contribution in [2.24, 2.45) is 0 Å². The molecule has 5 aliphatic carbocycles. The summed E-state index contributed by atoms with van der Waals surface area (Å²) in [5.41, 5.74) is 9.41. The van der Waals surface area contributed by atoms with Crippen LogP contribution in [0.3, 0.4) is 0 Å². The first kappa shape index (κ1) is 34.0. The van der Waals surface area contributed by atoms with Crippen LogP contribution in [0.5, 0.6) is 0 Å². The molecular formula is C78H24N6. The van der Waals surface area contributed by atoms with Gasteiger partial charge in [-0.05, 0) is 338 Å². The maximum atomic E-state index is 5.05. The molecule has 84 heavy (non-hydrogen) atoms. The Morgan fingerprint density at radius 3 is 0.595 bits per heavy atom. The van der Waals surface area contributed by atoms with Crippen molar-refractivity contribution in [2.75, 3.05) is 62.2 Å². The molecule has 2 unspecified atom stereocenters. The van der Waals surface area contributed by atoms with E-state index in [2.05, 4.69) is 56.0 Å². The predicted octanol–water partition coefficient (Wildman–Crippen LogP) is 17.3. The fourth-order valence-electron chi connectivity index (χ4n) is 27.7. The van der Waals surface area contributed by atoms with E-state index in [0.717, 1.165) is 64.0 Å². The fourth-order valence-corrected chi connectivity index (χ4v) is 27.7. The zero-order valence-corrected chi connectivity index (χ0v) is 44.0. The van der Waals surface area contributed by atoms with E-state index in [9.17, 15) is 0 Å². The van der Waals surface area contributed by atoms with Gasteiger partial charge >= 0.3 is 0 Å². The van der Waals surface area contributed by atoms with Gasteiger partial charge in [0.25, 0.3) is 0 Å². The zero-order chi connectivity index (χ0) is 50.7. The average Bonchev–Trinajstić information content (AvgIpc) is 1.39. The summed E-state index contributed by atoms with van der Waals surface area (Å²) < 4.78 is 0. The number of nitrogens with zero attached hydrogens (tertiary/aromatic N) is 6. The second-order valence-corrected chi connectivity index (χ2v) is 29.5. The van der Waals surface area contributed by atoms with Crippen molar-refractivity contribution in [3.05, 3.63) is 82.2 Å². The quantitative estimate of drug-likeness (QED) is 0.164. The molecule has 366 valence electrons. The topological polar surface area (TPSA) is 38.7 Å². The van der Waals surface area contributed by atoms with Crippen LogP contribution in [-0.2, 0) is 11.1 Å². The number of benzene rings is 17. The van der Waals surface area contributed by atoms with E-state index >= 15 is 0 Å². The van der Waals surface area contributed by atoms with Gasteiger partial charge in [0, 0.05) is 64.8 Å². The summed E-state index contributed by atoms with van der Waals surface area (Å²) in [5.74, 6) is 2.24. The van der Waals surface area contributed by atoms with Crippen molar-refractivity contribution >= 4 is 292 Å². The summed E-state index contributed by atoms with van der Waals surface area (Å²) in [6, 6.07) is 13.1. The van der Waals surface area contributed by atoms with Crippen LogP contribution in [0, 0.1) is 0 Å². The van der Waals surface area contributed by atoms with Crippen LogP contribution in [-0.4, -0.2) is 72.1 Å². The summed E-state index contributed by atoms with van der Waals surface area (Å²) in [5, 5.41) is 86.2. The molecule has 0 bridgehead atoms. The van der Waals surface area contributed by atoms with Gasteiger partial charge in [-0.2, -0.15) is 0 Å². The third-order valence-corrected chi connectivity index (χ3v) is 28.6. The first-order chi connectivity index (χ1) is 41.9. The standard InChI is InChI=1S/C78H24N6/c1-3-7-79-17(5-1)81-9-13-83(14-10-81)77-71-63-54-47-34-27-21-22-24-20-19-23(21)32(34)38-36-25(19)29-26(20)37-39-33(24)35-28(22)31-30(27)41-49-42(31)51-48(35)55-53(39)57-44(37)46-40(29)45-43(36)56(52(38)54)67(71)69-58(45)59(46)70-68(57)72-64(55)61(51)66-62(49)65(60(63)50(41)47)73(77)74(66)78(72,76(70)75(69)77)84-15-11-82(12-16-84)18-6-2-4-8-80-18/h1-8H,9-16H2. The highest BCUT2D eigenvalue weighted by Crippen LogP contribution is 2.84. The Morgan fingerprint density at radius 2 is 0.381 bits per heavy atom. The van der Waals surface area contributed by atoms with Gasteiger partial charge in [-0.1, -0.05) is 12.1 Å². The molecule has 4 heterocycles. The molecule has 0 N–H and O–H groups in total. The second-order valence-electron chi connectivity index (χ2n) is 29.5. The van der Waals surface area contributed by atoms with Gasteiger partial charge in [0.05, 0.1) is 0 Å². The van der Waals surface area contributed by atoms with Gasteiger partial charge in [-0.15, -0.1) is 0 Å². The second kappa shape index (κ2) is 8.50. The number of piperazine rings is 2. The maximum absolute atomic E-state index is 5.05. The molecule has 2 aliphatic heterocycles. The highest BCUT2D eigenvalue weighted by molar-refractivity contribution is 6.81. The van der Waals surface area contributed by atoms with Crippen LogP contribution in [0.4, 0.5) is 11.6 Å². The van der Waals surface area contributed by atoms with Crippen LogP contribution in [0.2, 0.25) is 0 Å². The Bertz CT molecular complexity index is 7640. The first-order valence-electron chi connectivity index (χ1n) is 31.5. The summed E-state index contributed by atoms with van der Waals surface area (Å²) in [4.78, 5) is 21.7. The molecule has 29 aromatic rings. The zero-order valence-electron chi connectivity index (χ0n) is 44.0. The van der Waals surface area contributed by atoms with Crippen LogP contribution in [0.15, 0.2) is 48.8 Å². The molecule has 0 amide bonds. The number of rotatable bonds is 4. The SMILES string of the molecule is c1ccc(N2CCN(C34c5c6c7c8c9c%10c%11c%12c(c3c3c%13c4c4c%14c5c7c5c7c%14c%14c4c4c%13c%13c%15c3c%12c3c%12c%11c%11c9c9c8c5c5c7c7c%14c8c4c%13c4c(c%153)c3c%12c%11c%11c9c5c5c%11c3c4c8c75)C6%10N3CCN(c4ccccn4)CC3)CC2)nc1.